The Bertz CT molecular complexity index is 684. The summed E-state index contributed by atoms with van der Waals surface area (Å²) >= 11 is 0. The van der Waals surface area contributed by atoms with Crippen LogP contribution in [0, 0.1) is 0 Å². The topological polar surface area (TPSA) is 87.6 Å². The third-order valence-corrected chi connectivity index (χ3v) is 3.90. The van der Waals surface area contributed by atoms with Crippen LogP contribution in [0.3, 0.4) is 0 Å². The van der Waals surface area contributed by atoms with Gasteiger partial charge in [-0.25, -0.2) is 14.8 Å². The molecule has 2 aromatic rings. The third-order valence-electron chi connectivity index (χ3n) is 3.90. The first-order valence-electron chi connectivity index (χ1n) is 7.93. The Hall–Kier alpha value is -2.51. The van der Waals surface area contributed by atoms with Crippen LogP contribution in [0.2, 0.25) is 0 Å². The average Bonchev–Trinajstić information content (AvgIpc) is 2.63. The van der Waals surface area contributed by atoms with Crippen molar-refractivity contribution in [3.05, 3.63) is 42.1 Å². The molecule has 7 heteroatoms. The summed E-state index contributed by atoms with van der Waals surface area (Å²) in [6.07, 6.45) is 1.70. The number of hydrogen-bond acceptors (Lipinski definition) is 6. The predicted octanol–water partition coefficient (Wildman–Crippen LogP) is 1.59. The fourth-order valence-electron chi connectivity index (χ4n) is 2.54. The van der Waals surface area contributed by atoms with Gasteiger partial charge in [-0.3, -0.25) is 4.90 Å². The molecule has 2 heterocycles. The molecule has 0 aliphatic carbocycles. The molecule has 126 valence electrons. The predicted molar refractivity (Wildman–Crippen MR) is 90.2 cm³/mol. The van der Waals surface area contributed by atoms with Crippen molar-refractivity contribution in [3.8, 4) is 11.3 Å². The van der Waals surface area contributed by atoms with Crippen LogP contribution in [0.5, 0.6) is 0 Å². The summed E-state index contributed by atoms with van der Waals surface area (Å²) in [5, 5.41) is 12.2. The standard InChI is InChI=1S/C17H20N4O3/c22-16(23)14-3-1-13(2-4-14)15-5-6-18-17(20-15)19-7-8-21-9-11-24-12-10-21/h1-6H,7-12H2,(H,22,23)(H,18,19,20). The molecule has 1 fully saturated rings. The quantitative estimate of drug-likeness (QED) is 0.832. The van der Waals surface area contributed by atoms with E-state index in [1.54, 1.807) is 30.5 Å². The number of carboxylic acid groups (broad SMARTS) is 1. The number of aromatic nitrogens is 2. The molecule has 0 unspecified atom stereocenters. The SMILES string of the molecule is O=C(O)c1ccc(-c2ccnc(NCCN3CCOCC3)n2)cc1. The summed E-state index contributed by atoms with van der Waals surface area (Å²) in [6.45, 7) is 5.18. The highest BCUT2D eigenvalue weighted by molar-refractivity contribution is 5.88. The fraction of sp³-hybridized carbons (Fsp3) is 0.353. The van der Waals surface area contributed by atoms with E-state index in [0.29, 0.717) is 5.95 Å². The lowest BCUT2D eigenvalue weighted by Gasteiger charge is -2.26. The first-order chi connectivity index (χ1) is 11.7. The van der Waals surface area contributed by atoms with Crippen molar-refractivity contribution in [1.82, 2.24) is 14.9 Å². The molecule has 0 bridgehead atoms. The van der Waals surface area contributed by atoms with E-state index in [4.69, 9.17) is 9.84 Å². The van der Waals surface area contributed by atoms with E-state index >= 15 is 0 Å². The van der Waals surface area contributed by atoms with Crippen LogP contribution in [0.1, 0.15) is 10.4 Å². The smallest absolute Gasteiger partial charge is 0.335 e. The maximum atomic E-state index is 10.9. The van der Waals surface area contributed by atoms with Gasteiger partial charge < -0.3 is 15.2 Å². The van der Waals surface area contributed by atoms with Crippen LogP contribution in [-0.4, -0.2) is 65.3 Å². The van der Waals surface area contributed by atoms with Crippen LogP contribution in [-0.2, 0) is 4.74 Å². The molecule has 0 amide bonds. The molecule has 1 aromatic heterocycles. The normalized spacial score (nSPS) is 15.2. The largest absolute Gasteiger partial charge is 0.478 e. The van der Waals surface area contributed by atoms with E-state index in [0.717, 1.165) is 50.7 Å². The van der Waals surface area contributed by atoms with E-state index in [9.17, 15) is 4.79 Å². The van der Waals surface area contributed by atoms with Crippen LogP contribution < -0.4 is 5.32 Å². The maximum absolute atomic E-state index is 10.9. The van der Waals surface area contributed by atoms with Crippen molar-refractivity contribution in [1.29, 1.82) is 0 Å². The molecule has 2 N–H and O–H groups in total. The van der Waals surface area contributed by atoms with Crippen molar-refractivity contribution >= 4 is 11.9 Å². The molecule has 24 heavy (non-hydrogen) atoms. The summed E-state index contributed by atoms with van der Waals surface area (Å²) < 4.78 is 5.33. The number of benzene rings is 1. The van der Waals surface area contributed by atoms with E-state index < -0.39 is 5.97 Å². The summed E-state index contributed by atoms with van der Waals surface area (Å²) in [6, 6.07) is 8.46. The minimum Gasteiger partial charge on any atom is -0.478 e. The highest BCUT2D eigenvalue weighted by Gasteiger charge is 2.10. The molecule has 0 atom stereocenters. The average molecular weight is 328 g/mol. The molecule has 1 aliphatic rings. The van der Waals surface area contributed by atoms with Gasteiger partial charge in [-0.1, -0.05) is 12.1 Å². The van der Waals surface area contributed by atoms with Gasteiger partial charge in [-0.2, -0.15) is 0 Å². The molecule has 0 saturated carbocycles. The molecule has 0 spiro atoms. The van der Waals surface area contributed by atoms with E-state index in [1.165, 1.54) is 0 Å². The summed E-state index contributed by atoms with van der Waals surface area (Å²) in [4.78, 5) is 22.0. The molecular weight excluding hydrogens is 308 g/mol. The molecule has 3 rings (SSSR count). The van der Waals surface area contributed by atoms with Crippen LogP contribution in [0.4, 0.5) is 5.95 Å². The number of hydrogen-bond donors (Lipinski definition) is 2. The van der Waals surface area contributed by atoms with E-state index in [-0.39, 0.29) is 5.56 Å². The Labute approximate surface area is 140 Å². The van der Waals surface area contributed by atoms with Gasteiger partial charge in [-0.05, 0) is 18.2 Å². The van der Waals surface area contributed by atoms with Crippen LogP contribution in [0.25, 0.3) is 11.3 Å². The number of nitrogens with zero attached hydrogens (tertiary/aromatic N) is 3. The van der Waals surface area contributed by atoms with Gasteiger partial charge >= 0.3 is 5.97 Å². The summed E-state index contributed by atoms with van der Waals surface area (Å²) in [5.41, 5.74) is 1.88. The first-order valence-corrected chi connectivity index (χ1v) is 7.93. The van der Waals surface area contributed by atoms with Gasteiger partial charge in [0.15, 0.2) is 0 Å². The van der Waals surface area contributed by atoms with Gasteiger partial charge in [0.2, 0.25) is 5.95 Å². The zero-order valence-electron chi connectivity index (χ0n) is 13.3. The molecular formula is C17H20N4O3. The number of ether oxygens (including phenoxy) is 1. The zero-order valence-corrected chi connectivity index (χ0v) is 13.3. The van der Waals surface area contributed by atoms with Crippen molar-refractivity contribution in [2.75, 3.05) is 44.7 Å². The summed E-state index contributed by atoms with van der Waals surface area (Å²) in [5.74, 6) is -0.363. The number of anilines is 1. The second kappa shape index (κ2) is 7.85. The van der Waals surface area contributed by atoms with Gasteiger partial charge in [0.1, 0.15) is 0 Å². The molecule has 0 radical (unpaired) electrons. The number of carbonyl (C=O) groups is 1. The van der Waals surface area contributed by atoms with Gasteiger partial charge in [0.05, 0.1) is 24.5 Å². The minimum absolute atomic E-state index is 0.261. The van der Waals surface area contributed by atoms with Crippen LogP contribution >= 0.6 is 0 Å². The third kappa shape index (κ3) is 4.27. The highest BCUT2D eigenvalue weighted by atomic mass is 16.5. The van der Waals surface area contributed by atoms with Crippen molar-refractivity contribution in [3.63, 3.8) is 0 Å². The Morgan fingerprint density at radius 2 is 1.96 bits per heavy atom. The lowest BCUT2D eigenvalue weighted by atomic mass is 10.1. The van der Waals surface area contributed by atoms with Gasteiger partial charge in [-0.15, -0.1) is 0 Å². The molecule has 1 aromatic carbocycles. The Balaban J connectivity index is 1.60. The number of nitrogens with one attached hydrogen (secondary N) is 1. The van der Waals surface area contributed by atoms with Crippen molar-refractivity contribution in [2.45, 2.75) is 0 Å². The molecule has 7 nitrogen and oxygen atoms in total. The Morgan fingerprint density at radius 3 is 2.67 bits per heavy atom. The second-order valence-corrected chi connectivity index (χ2v) is 5.53. The van der Waals surface area contributed by atoms with Crippen LogP contribution in [0.15, 0.2) is 36.5 Å². The Kier molecular flexibility index (Phi) is 5.35. The molecule has 1 saturated heterocycles. The number of carboxylic acids is 1. The van der Waals surface area contributed by atoms with Gasteiger partial charge in [0.25, 0.3) is 0 Å². The monoisotopic (exact) mass is 328 g/mol. The number of morpholine rings is 1. The zero-order chi connectivity index (χ0) is 16.8. The van der Waals surface area contributed by atoms with E-state index in [2.05, 4.69) is 20.2 Å². The van der Waals surface area contributed by atoms with Crippen molar-refractivity contribution < 1.29 is 14.6 Å². The number of aromatic carboxylic acids is 1. The lowest BCUT2D eigenvalue weighted by Crippen LogP contribution is -2.39. The summed E-state index contributed by atoms with van der Waals surface area (Å²) in [7, 11) is 0. The fourth-order valence-corrected chi connectivity index (χ4v) is 2.54. The number of rotatable bonds is 6. The second-order valence-electron chi connectivity index (χ2n) is 5.53. The highest BCUT2D eigenvalue weighted by Crippen LogP contribution is 2.18. The first kappa shape index (κ1) is 16.4. The lowest BCUT2D eigenvalue weighted by molar-refractivity contribution is 0.0398. The van der Waals surface area contributed by atoms with E-state index in [1.807, 2.05) is 6.07 Å². The maximum Gasteiger partial charge on any atom is 0.335 e. The minimum atomic E-state index is -0.935. The van der Waals surface area contributed by atoms with Gasteiger partial charge in [0, 0.05) is 37.9 Å². The van der Waals surface area contributed by atoms with Crippen molar-refractivity contribution in [2.24, 2.45) is 0 Å². The Morgan fingerprint density at radius 1 is 1.21 bits per heavy atom. The molecule has 1 aliphatic heterocycles.